The summed E-state index contributed by atoms with van der Waals surface area (Å²) >= 11 is 0. The molecule has 0 radical (unpaired) electrons. The maximum absolute atomic E-state index is 5.51. The summed E-state index contributed by atoms with van der Waals surface area (Å²) in [7, 11) is 0. The van der Waals surface area contributed by atoms with Crippen molar-refractivity contribution in [2.45, 2.75) is 50.6 Å². The van der Waals surface area contributed by atoms with Gasteiger partial charge in [-0.05, 0) is 68.4 Å². The highest BCUT2D eigenvalue weighted by atomic mass is 16.5. The fraction of sp³-hybridized carbons (Fsp3) is 0.696. The van der Waals surface area contributed by atoms with E-state index in [1.807, 2.05) is 6.20 Å². The lowest BCUT2D eigenvalue weighted by molar-refractivity contribution is 0.0545. The van der Waals surface area contributed by atoms with Crippen molar-refractivity contribution in [1.29, 1.82) is 0 Å². The Kier molecular flexibility index (Phi) is 4.96. The van der Waals surface area contributed by atoms with Gasteiger partial charge in [0, 0.05) is 50.7 Å². The molecule has 2 aromatic rings. The Balaban J connectivity index is 1.01. The molecule has 7 nitrogen and oxygen atoms in total. The van der Waals surface area contributed by atoms with Gasteiger partial charge in [-0.2, -0.15) is 5.10 Å². The summed E-state index contributed by atoms with van der Waals surface area (Å²) in [5, 5.41) is 17.0. The molecule has 0 spiro atoms. The predicted molar refractivity (Wildman–Crippen MR) is 115 cm³/mol. The van der Waals surface area contributed by atoms with Gasteiger partial charge in [-0.25, -0.2) is 0 Å². The van der Waals surface area contributed by atoms with Gasteiger partial charge >= 0.3 is 0 Å². The third kappa shape index (κ3) is 3.97. The molecule has 0 amide bonds. The Bertz CT molecular complexity index is 843. The van der Waals surface area contributed by atoms with Gasteiger partial charge in [-0.1, -0.05) is 0 Å². The Morgan fingerprint density at radius 1 is 1.00 bits per heavy atom. The van der Waals surface area contributed by atoms with Gasteiger partial charge in [0.15, 0.2) is 0 Å². The monoisotopic (exact) mass is 408 g/mol. The van der Waals surface area contributed by atoms with Crippen molar-refractivity contribution < 1.29 is 4.74 Å². The molecule has 30 heavy (non-hydrogen) atoms. The van der Waals surface area contributed by atoms with Crippen molar-refractivity contribution in [3.63, 3.8) is 0 Å². The van der Waals surface area contributed by atoms with Gasteiger partial charge in [-0.15, -0.1) is 10.2 Å². The molecule has 160 valence electrons. The number of fused-ring (bicyclic) bond motifs is 1. The van der Waals surface area contributed by atoms with E-state index < -0.39 is 0 Å². The summed E-state index contributed by atoms with van der Waals surface area (Å²) in [5.41, 5.74) is 1.96. The first kappa shape index (κ1) is 18.8. The zero-order valence-electron chi connectivity index (χ0n) is 17.6. The van der Waals surface area contributed by atoms with E-state index in [1.165, 1.54) is 58.2 Å². The molecule has 2 saturated carbocycles. The van der Waals surface area contributed by atoms with Crippen molar-refractivity contribution in [3.8, 4) is 11.3 Å². The molecular formula is C23H32N6O. The Labute approximate surface area is 178 Å². The Hall–Kier alpha value is -1.99. The number of hydrogen-bond donors (Lipinski definition) is 1. The predicted octanol–water partition coefficient (Wildman–Crippen LogP) is 3.22. The van der Waals surface area contributed by atoms with E-state index in [9.17, 15) is 0 Å². The lowest BCUT2D eigenvalue weighted by Gasteiger charge is -2.27. The van der Waals surface area contributed by atoms with Gasteiger partial charge in [-0.3, -0.25) is 4.68 Å². The van der Waals surface area contributed by atoms with Crippen LogP contribution in [0.15, 0.2) is 24.5 Å². The summed E-state index contributed by atoms with van der Waals surface area (Å²) in [6.45, 7) is 5.74. The minimum absolute atomic E-state index is 0.531. The summed E-state index contributed by atoms with van der Waals surface area (Å²) in [6.07, 6.45) is 11.5. The van der Waals surface area contributed by atoms with Crippen LogP contribution in [-0.2, 0) is 4.74 Å². The first-order valence-corrected chi connectivity index (χ1v) is 11.7. The summed E-state index contributed by atoms with van der Waals surface area (Å²) in [4.78, 5) is 2.72. The van der Waals surface area contributed by atoms with Crippen LogP contribution in [0.4, 0.5) is 5.82 Å². The lowest BCUT2D eigenvalue weighted by Crippen LogP contribution is -2.32. The SMILES string of the molecule is c1nn(C2CC2)cc1-c1ccc(NC2CC3CN(CC4CCOCC4)CC3C2)nn1. The highest BCUT2D eigenvalue weighted by Gasteiger charge is 2.41. The summed E-state index contributed by atoms with van der Waals surface area (Å²) < 4.78 is 7.57. The molecule has 7 heteroatoms. The average Bonchev–Trinajstić information content (AvgIpc) is 3.20. The van der Waals surface area contributed by atoms with Gasteiger partial charge < -0.3 is 15.0 Å². The molecule has 4 fully saturated rings. The van der Waals surface area contributed by atoms with Gasteiger partial charge in [0.1, 0.15) is 5.82 Å². The molecule has 4 heterocycles. The minimum Gasteiger partial charge on any atom is -0.381 e. The summed E-state index contributed by atoms with van der Waals surface area (Å²) in [6, 6.07) is 5.27. The van der Waals surface area contributed by atoms with Crippen LogP contribution in [0.2, 0.25) is 0 Å². The van der Waals surface area contributed by atoms with Crippen LogP contribution in [-0.4, -0.2) is 63.8 Å². The zero-order valence-corrected chi connectivity index (χ0v) is 17.6. The number of likely N-dealkylation sites (tertiary alicyclic amines) is 1. The van der Waals surface area contributed by atoms with Crippen LogP contribution in [0.5, 0.6) is 0 Å². The zero-order chi connectivity index (χ0) is 19.9. The number of aromatic nitrogens is 4. The Morgan fingerprint density at radius 3 is 2.50 bits per heavy atom. The van der Waals surface area contributed by atoms with E-state index in [2.05, 4.69) is 48.5 Å². The second-order valence-corrected chi connectivity index (χ2v) is 9.85. The van der Waals surface area contributed by atoms with Crippen LogP contribution in [0, 0.1) is 17.8 Å². The van der Waals surface area contributed by atoms with Crippen LogP contribution in [0.1, 0.15) is 44.6 Å². The molecule has 2 unspecified atom stereocenters. The van der Waals surface area contributed by atoms with Crippen LogP contribution in [0.3, 0.4) is 0 Å². The third-order valence-corrected chi connectivity index (χ3v) is 7.52. The van der Waals surface area contributed by atoms with E-state index in [1.54, 1.807) is 0 Å². The fourth-order valence-electron chi connectivity index (χ4n) is 5.74. The van der Waals surface area contributed by atoms with Crippen LogP contribution in [0.25, 0.3) is 11.3 Å². The molecule has 0 aromatic carbocycles. The molecule has 2 saturated heterocycles. The van der Waals surface area contributed by atoms with Crippen molar-refractivity contribution in [3.05, 3.63) is 24.5 Å². The highest BCUT2D eigenvalue weighted by molar-refractivity contribution is 5.57. The first-order chi connectivity index (χ1) is 14.8. The number of anilines is 1. The summed E-state index contributed by atoms with van der Waals surface area (Å²) in [5.74, 6) is 3.42. The van der Waals surface area contributed by atoms with Crippen LogP contribution >= 0.6 is 0 Å². The van der Waals surface area contributed by atoms with Gasteiger partial charge in [0.05, 0.1) is 17.9 Å². The quantitative estimate of drug-likeness (QED) is 0.792. The second-order valence-electron chi connectivity index (χ2n) is 9.85. The maximum atomic E-state index is 5.51. The minimum atomic E-state index is 0.531. The number of nitrogens with one attached hydrogen (secondary N) is 1. The van der Waals surface area contributed by atoms with E-state index in [0.29, 0.717) is 12.1 Å². The molecule has 2 aliphatic heterocycles. The first-order valence-electron chi connectivity index (χ1n) is 11.7. The Morgan fingerprint density at radius 2 is 1.80 bits per heavy atom. The average molecular weight is 409 g/mol. The molecule has 4 aliphatic rings. The van der Waals surface area contributed by atoms with Crippen molar-refractivity contribution >= 4 is 5.82 Å². The number of hydrogen-bond acceptors (Lipinski definition) is 6. The maximum Gasteiger partial charge on any atom is 0.148 e. The van der Waals surface area contributed by atoms with E-state index in [0.717, 1.165) is 48.0 Å². The molecule has 2 aromatic heterocycles. The molecule has 2 aliphatic carbocycles. The molecule has 6 rings (SSSR count). The highest BCUT2D eigenvalue weighted by Crippen LogP contribution is 2.40. The number of ether oxygens (including phenoxy) is 1. The topological polar surface area (TPSA) is 68.1 Å². The van der Waals surface area contributed by atoms with Gasteiger partial charge in [0.25, 0.3) is 0 Å². The van der Waals surface area contributed by atoms with Crippen LogP contribution < -0.4 is 5.32 Å². The molecular weight excluding hydrogens is 376 g/mol. The second kappa shape index (κ2) is 7.93. The van der Waals surface area contributed by atoms with E-state index >= 15 is 0 Å². The smallest absolute Gasteiger partial charge is 0.148 e. The normalized spacial score (nSPS) is 29.9. The van der Waals surface area contributed by atoms with E-state index in [-0.39, 0.29) is 0 Å². The number of nitrogens with zero attached hydrogens (tertiary/aromatic N) is 5. The largest absolute Gasteiger partial charge is 0.381 e. The fourth-order valence-corrected chi connectivity index (χ4v) is 5.74. The molecule has 2 atom stereocenters. The van der Waals surface area contributed by atoms with Crippen molar-refractivity contribution in [1.82, 2.24) is 24.9 Å². The van der Waals surface area contributed by atoms with Crippen molar-refractivity contribution in [2.24, 2.45) is 17.8 Å². The van der Waals surface area contributed by atoms with Gasteiger partial charge in [0.2, 0.25) is 0 Å². The van der Waals surface area contributed by atoms with E-state index in [4.69, 9.17) is 4.74 Å². The third-order valence-electron chi connectivity index (χ3n) is 7.52. The number of rotatable bonds is 6. The molecule has 1 N–H and O–H groups in total. The standard InChI is InChI=1S/C23H32N6O/c1-2-21(1)29-15-19(11-24-29)22-3-4-23(27-26-22)25-20-9-17-13-28(14-18(17)10-20)12-16-5-7-30-8-6-16/h3-4,11,15-18,20-21H,1-2,5-10,12-14H2,(H,25,27). The molecule has 0 bridgehead atoms. The van der Waals surface area contributed by atoms with Crippen molar-refractivity contribution in [2.75, 3.05) is 38.2 Å². The lowest BCUT2D eigenvalue weighted by atomic mass is 10.00.